The number of para-hydroxylation sites is 1. The lowest BCUT2D eigenvalue weighted by Crippen LogP contribution is -2.21. The average Bonchev–Trinajstić information content (AvgIpc) is 3.32. The van der Waals surface area contributed by atoms with Gasteiger partial charge in [0.15, 0.2) is 6.61 Å². The fraction of sp³-hybridized carbons (Fsp3) is 0.0870. The van der Waals surface area contributed by atoms with Gasteiger partial charge in [0.25, 0.3) is 5.91 Å². The first-order valence-electron chi connectivity index (χ1n) is 9.19. The number of carbonyl (C=O) groups excluding carboxylic acids is 2. The second-order valence-corrected chi connectivity index (χ2v) is 8.23. The lowest BCUT2D eigenvalue weighted by molar-refractivity contribution is -0.119. The van der Waals surface area contributed by atoms with E-state index in [-0.39, 0.29) is 6.61 Å². The lowest BCUT2D eigenvalue weighted by Gasteiger charge is -2.10. The van der Waals surface area contributed by atoms with Crippen LogP contribution in [0.5, 0.6) is 0 Å². The number of rotatable bonds is 6. The Morgan fingerprint density at radius 3 is 2.73 bits per heavy atom. The molecule has 0 fully saturated rings. The summed E-state index contributed by atoms with van der Waals surface area (Å²) in [5, 5.41) is 5.40. The Morgan fingerprint density at radius 2 is 1.93 bits per heavy atom. The van der Waals surface area contributed by atoms with Crippen LogP contribution in [0.1, 0.15) is 10.4 Å². The molecule has 2 aromatic carbocycles. The number of thiophene rings is 1. The zero-order valence-corrected chi connectivity index (χ0v) is 17.8. The quantitative estimate of drug-likeness (QED) is 0.321. The standard InChI is InChI=1S/C23H18N2O3S2/c1-29-16-7-4-6-15(12-16)24-22(26)14-28-23(27)18-13-20(21-10-5-11-30-21)25-19-9-3-2-8-17(18)19/h2-13H,14H2,1H3,(H,24,26). The molecule has 0 aliphatic carbocycles. The Balaban J connectivity index is 1.52. The maximum absolute atomic E-state index is 12.8. The van der Waals surface area contributed by atoms with Crippen LogP contribution in [0, 0.1) is 0 Å². The molecule has 0 aliphatic rings. The summed E-state index contributed by atoms with van der Waals surface area (Å²) in [5.41, 5.74) is 2.46. The molecule has 150 valence electrons. The number of esters is 1. The molecular formula is C23H18N2O3S2. The number of pyridine rings is 1. The molecule has 5 nitrogen and oxygen atoms in total. The maximum Gasteiger partial charge on any atom is 0.339 e. The molecule has 0 radical (unpaired) electrons. The van der Waals surface area contributed by atoms with E-state index in [4.69, 9.17) is 4.74 Å². The van der Waals surface area contributed by atoms with Crippen LogP contribution in [0.3, 0.4) is 0 Å². The minimum absolute atomic E-state index is 0.368. The highest BCUT2D eigenvalue weighted by molar-refractivity contribution is 7.98. The van der Waals surface area contributed by atoms with Gasteiger partial charge in [-0.1, -0.05) is 30.3 Å². The number of nitrogens with one attached hydrogen (secondary N) is 1. The highest BCUT2D eigenvalue weighted by Crippen LogP contribution is 2.28. The van der Waals surface area contributed by atoms with Crippen LogP contribution in [0.15, 0.2) is 77.0 Å². The van der Waals surface area contributed by atoms with Gasteiger partial charge in [-0.15, -0.1) is 23.1 Å². The molecule has 7 heteroatoms. The number of ether oxygens (including phenoxy) is 1. The smallest absolute Gasteiger partial charge is 0.339 e. The van der Waals surface area contributed by atoms with Crippen LogP contribution in [0.2, 0.25) is 0 Å². The van der Waals surface area contributed by atoms with Crippen molar-refractivity contribution in [3.8, 4) is 10.6 Å². The molecule has 0 aliphatic heterocycles. The first-order valence-corrected chi connectivity index (χ1v) is 11.3. The molecular weight excluding hydrogens is 416 g/mol. The molecule has 0 unspecified atom stereocenters. The Labute approximate surface area is 182 Å². The highest BCUT2D eigenvalue weighted by atomic mass is 32.2. The molecule has 2 aromatic heterocycles. The van der Waals surface area contributed by atoms with E-state index in [2.05, 4.69) is 10.3 Å². The summed E-state index contributed by atoms with van der Waals surface area (Å²) in [7, 11) is 0. The number of carbonyl (C=O) groups is 2. The molecule has 2 heterocycles. The van der Waals surface area contributed by atoms with Gasteiger partial charge in [0.2, 0.25) is 0 Å². The van der Waals surface area contributed by atoms with Crippen LogP contribution in [-0.4, -0.2) is 29.7 Å². The number of nitrogens with zero attached hydrogens (tertiary/aromatic N) is 1. The Bertz CT molecular complexity index is 1210. The van der Waals surface area contributed by atoms with Gasteiger partial charge in [0.05, 0.1) is 21.7 Å². The largest absolute Gasteiger partial charge is 0.452 e. The summed E-state index contributed by atoms with van der Waals surface area (Å²) < 4.78 is 5.32. The molecule has 0 saturated heterocycles. The van der Waals surface area contributed by atoms with Gasteiger partial charge in [0.1, 0.15) is 0 Å². The topological polar surface area (TPSA) is 68.3 Å². The van der Waals surface area contributed by atoms with Crippen molar-refractivity contribution in [3.63, 3.8) is 0 Å². The predicted molar refractivity (Wildman–Crippen MR) is 122 cm³/mol. The first kappa shape index (κ1) is 20.1. The van der Waals surface area contributed by atoms with Crippen LogP contribution < -0.4 is 5.32 Å². The molecule has 30 heavy (non-hydrogen) atoms. The minimum atomic E-state index is -0.556. The second-order valence-electron chi connectivity index (χ2n) is 6.41. The van der Waals surface area contributed by atoms with Crippen LogP contribution >= 0.6 is 23.1 Å². The van der Waals surface area contributed by atoms with Crippen molar-refractivity contribution in [2.75, 3.05) is 18.2 Å². The molecule has 1 N–H and O–H groups in total. The van der Waals surface area contributed by atoms with E-state index in [0.29, 0.717) is 27.8 Å². The monoisotopic (exact) mass is 434 g/mol. The Morgan fingerprint density at radius 1 is 1.07 bits per heavy atom. The highest BCUT2D eigenvalue weighted by Gasteiger charge is 2.17. The van der Waals surface area contributed by atoms with Gasteiger partial charge in [0, 0.05) is 16.0 Å². The molecule has 0 atom stereocenters. The van der Waals surface area contributed by atoms with Crippen LogP contribution in [-0.2, 0) is 9.53 Å². The Hall–Kier alpha value is -3.16. The van der Waals surface area contributed by atoms with Gasteiger partial charge >= 0.3 is 5.97 Å². The van der Waals surface area contributed by atoms with E-state index in [1.807, 2.05) is 66.2 Å². The molecule has 0 spiro atoms. The van der Waals surface area contributed by atoms with Crippen LogP contribution in [0.4, 0.5) is 5.69 Å². The third kappa shape index (κ3) is 4.53. The fourth-order valence-electron chi connectivity index (χ4n) is 3.00. The molecule has 4 rings (SSSR count). The van der Waals surface area contributed by atoms with Crippen molar-refractivity contribution in [3.05, 3.63) is 77.7 Å². The van der Waals surface area contributed by atoms with E-state index in [1.165, 1.54) is 0 Å². The van der Waals surface area contributed by atoms with Crippen molar-refractivity contribution >= 4 is 51.6 Å². The summed E-state index contributed by atoms with van der Waals surface area (Å²) in [6.45, 7) is -0.368. The van der Waals surface area contributed by atoms with E-state index in [0.717, 1.165) is 9.77 Å². The van der Waals surface area contributed by atoms with Crippen molar-refractivity contribution in [1.29, 1.82) is 0 Å². The number of aromatic nitrogens is 1. The number of amides is 1. The molecule has 1 amide bonds. The number of benzene rings is 2. The normalized spacial score (nSPS) is 10.7. The minimum Gasteiger partial charge on any atom is -0.452 e. The van der Waals surface area contributed by atoms with E-state index >= 15 is 0 Å². The summed E-state index contributed by atoms with van der Waals surface area (Å²) in [6, 6.07) is 20.5. The number of hydrogen-bond donors (Lipinski definition) is 1. The van der Waals surface area contributed by atoms with Gasteiger partial charge in [-0.05, 0) is 48.0 Å². The number of fused-ring (bicyclic) bond motifs is 1. The Kier molecular flexibility index (Phi) is 6.11. The van der Waals surface area contributed by atoms with Crippen molar-refractivity contribution in [2.45, 2.75) is 4.90 Å². The van der Waals surface area contributed by atoms with Crippen molar-refractivity contribution in [1.82, 2.24) is 4.98 Å². The second kappa shape index (κ2) is 9.11. The fourth-order valence-corrected chi connectivity index (χ4v) is 4.15. The number of hydrogen-bond acceptors (Lipinski definition) is 6. The van der Waals surface area contributed by atoms with Crippen molar-refractivity contribution in [2.24, 2.45) is 0 Å². The third-order valence-electron chi connectivity index (χ3n) is 4.40. The average molecular weight is 435 g/mol. The molecule has 0 bridgehead atoms. The van der Waals surface area contributed by atoms with Gasteiger partial charge in [-0.25, -0.2) is 9.78 Å². The summed E-state index contributed by atoms with van der Waals surface area (Å²) >= 11 is 3.13. The third-order valence-corrected chi connectivity index (χ3v) is 6.02. The summed E-state index contributed by atoms with van der Waals surface area (Å²) in [5.74, 6) is -0.946. The van der Waals surface area contributed by atoms with Crippen LogP contribution in [0.25, 0.3) is 21.5 Å². The summed E-state index contributed by atoms with van der Waals surface area (Å²) in [6.07, 6.45) is 1.96. The maximum atomic E-state index is 12.8. The number of thioether (sulfide) groups is 1. The molecule has 0 saturated carbocycles. The van der Waals surface area contributed by atoms with Gasteiger partial charge < -0.3 is 10.1 Å². The lowest BCUT2D eigenvalue weighted by atomic mass is 10.1. The molecule has 4 aromatic rings. The number of anilines is 1. The predicted octanol–water partition coefficient (Wildman–Crippen LogP) is 5.48. The van der Waals surface area contributed by atoms with Gasteiger partial charge in [-0.2, -0.15) is 0 Å². The summed E-state index contributed by atoms with van der Waals surface area (Å²) in [4.78, 5) is 31.7. The van der Waals surface area contributed by atoms with E-state index in [9.17, 15) is 9.59 Å². The van der Waals surface area contributed by atoms with Gasteiger partial charge in [-0.3, -0.25) is 4.79 Å². The SMILES string of the molecule is CSc1cccc(NC(=O)COC(=O)c2cc(-c3cccs3)nc3ccccc23)c1. The van der Waals surface area contributed by atoms with E-state index in [1.54, 1.807) is 35.2 Å². The first-order chi connectivity index (χ1) is 14.6. The van der Waals surface area contributed by atoms with E-state index < -0.39 is 11.9 Å². The zero-order chi connectivity index (χ0) is 20.9. The van der Waals surface area contributed by atoms with Crippen molar-refractivity contribution < 1.29 is 14.3 Å². The zero-order valence-electron chi connectivity index (χ0n) is 16.1.